The van der Waals surface area contributed by atoms with E-state index in [0.29, 0.717) is 12.6 Å². The van der Waals surface area contributed by atoms with Crippen molar-refractivity contribution in [2.75, 3.05) is 13.7 Å². The molecule has 0 aromatic rings. The molecule has 0 N–H and O–H groups in total. The molecule has 4 nitrogen and oxygen atoms in total. The molecule has 2 amide bonds. The summed E-state index contributed by atoms with van der Waals surface area (Å²) >= 11 is 0. The average Bonchev–Trinajstić information content (AvgIpc) is 2.32. The predicted molar refractivity (Wildman–Crippen MR) is 53.4 cm³/mol. The fourth-order valence-corrected chi connectivity index (χ4v) is 1.78. The van der Waals surface area contributed by atoms with Crippen molar-refractivity contribution in [2.24, 2.45) is 5.92 Å². The highest BCUT2D eigenvalue weighted by Gasteiger charge is 2.37. The van der Waals surface area contributed by atoms with Crippen molar-refractivity contribution in [1.82, 2.24) is 9.80 Å². The number of carbonyl (C=O) groups excluding carboxylic acids is 2. The molecule has 14 heavy (non-hydrogen) atoms. The maximum atomic E-state index is 11.7. The van der Waals surface area contributed by atoms with Crippen LogP contribution in [0.25, 0.3) is 0 Å². The van der Waals surface area contributed by atoms with E-state index in [1.807, 2.05) is 0 Å². The second-order valence-corrected chi connectivity index (χ2v) is 4.31. The fraction of sp³-hybridized carbons (Fsp3) is 0.800. The summed E-state index contributed by atoms with van der Waals surface area (Å²) in [4.78, 5) is 26.2. The molecule has 1 aliphatic heterocycles. The number of nitrogens with zero attached hydrogens (tertiary/aromatic N) is 2. The van der Waals surface area contributed by atoms with Gasteiger partial charge in [-0.3, -0.25) is 9.59 Å². The monoisotopic (exact) mass is 198 g/mol. The van der Waals surface area contributed by atoms with Crippen LogP contribution in [0.5, 0.6) is 0 Å². The van der Waals surface area contributed by atoms with Crippen LogP contribution in [0.4, 0.5) is 0 Å². The summed E-state index contributed by atoms with van der Waals surface area (Å²) in [5.41, 5.74) is 0. The van der Waals surface area contributed by atoms with Gasteiger partial charge in [0.05, 0.1) is 6.67 Å². The number of carbonyl (C=O) groups is 2. The summed E-state index contributed by atoms with van der Waals surface area (Å²) in [6.07, 6.45) is 0.753. The summed E-state index contributed by atoms with van der Waals surface area (Å²) in [5, 5.41) is 0. The van der Waals surface area contributed by atoms with Crippen molar-refractivity contribution in [2.45, 2.75) is 33.2 Å². The Morgan fingerprint density at radius 2 is 2.14 bits per heavy atom. The van der Waals surface area contributed by atoms with Gasteiger partial charge in [0.2, 0.25) is 11.8 Å². The normalized spacial score (nSPS) is 22.4. The van der Waals surface area contributed by atoms with Gasteiger partial charge >= 0.3 is 0 Å². The first-order valence-electron chi connectivity index (χ1n) is 4.95. The second kappa shape index (κ2) is 3.98. The smallest absolute Gasteiger partial charge is 0.246 e. The first kappa shape index (κ1) is 11.0. The highest BCUT2D eigenvalue weighted by molar-refractivity contribution is 5.89. The number of hydrogen-bond donors (Lipinski definition) is 0. The van der Waals surface area contributed by atoms with E-state index in [1.165, 1.54) is 6.92 Å². The van der Waals surface area contributed by atoms with Crippen LogP contribution >= 0.6 is 0 Å². The average molecular weight is 198 g/mol. The molecule has 1 atom stereocenters. The van der Waals surface area contributed by atoms with Gasteiger partial charge in [0, 0.05) is 14.0 Å². The van der Waals surface area contributed by atoms with Gasteiger partial charge in [-0.1, -0.05) is 13.8 Å². The molecule has 0 saturated carbocycles. The number of amides is 2. The lowest BCUT2D eigenvalue weighted by Gasteiger charge is -2.21. The molecular weight excluding hydrogens is 180 g/mol. The van der Waals surface area contributed by atoms with Crippen LogP contribution in [0.15, 0.2) is 0 Å². The summed E-state index contributed by atoms with van der Waals surface area (Å²) in [5.74, 6) is 0.472. The van der Waals surface area contributed by atoms with Crippen LogP contribution in [0.2, 0.25) is 0 Å². The maximum absolute atomic E-state index is 11.7. The highest BCUT2D eigenvalue weighted by Crippen LogP contribution is 2.19. The SMILES string of the molecule is CC(=O)N1CN(C)C(=O)C1CC(C)C. The Labute approximate surface area is 84.9 Å². The van der Waals surface area contributed by atoms with E-state index in [4.69, 9.17) is 0 Å². The Hall–Kier alpha value is -1.06. The zero-order chi connectivity index (χ0) is 10.9. The molecule has 0 aromatic heterocycles. The van der Waals surface area contributed by atoms with Gasteiger partial charge in [-0.2, -0.15) is 0 Å². The van der Waals surface area contributed by atoms with Crippen molar-refractivity contribution in [3.8, 4) is 0 Å². The van der Waals surface area contributed by atoms with Gasteiger partial charge in [0.25, 0.3) is 0 Å². The molecule has 0 aliphatic carbocycles. The van der Waals surface area contributed by atoms with Gasteiger partial charge in [-0.25, -0.2) is 0 Å². The molecule has 80 valence electrons. The van der Waals surface area contributed by atoms with Gasteiger partial charge < -0.3 is 9.80 Å². The Morgan fingerprint density at radius 1 is 1.57 bits per heavy atom. The zero-order valence-electron chi connectivity index (χ0n) is 9.28. The third kappa shape index (κ3) is 2.05. The third-order valence-corrected chi connectivity index (χ3v) is 2.50. The second-order valence-electron chi connectivity index (χ2n) is 4.31. The van der Waals surface area contributed by atoms with E-state index in [9.17, 15) is 9.59 Å². The van der Waals surface area contributed by atoms with Crippen molar-refractivity contribution < 1.29 is 9.59 Å². The molecular formula is C10H18N2O2. The van der Waals surface area contributed by atoms with E-state index >= 15 is 0 Å². The number of likely N-dealkylation sites (N-methyl/N-ethyl adjacent to an activating group) is 1. The van der Waals surface area contributed by atoms with Crippen molar-refractivity contribution in [1.29, 1.82) is 0 Å². The quantitative estimate of drug-likeness (QED) is 0.654. The predicted octanol–water partition coefficient (Wildman–Crippen LogP) is 0.679. The van der Waals surface area contributed by atoms with Crippen LogP contribution in [-0.2, 0) is 9.59 Å². The largest absolute Gasteiger partial charge is 0.326 e. The third-order valence-electron chi connectivity index (χ3n) is 2.50. The summed E-state index contributed by atoms with van der Waals surface area (Å²) in [7, 11) is 1.73. The van der Waals surface area contributed by atoms with Crippen LogP contribution in [0.1, 0.15) is 27.2 Å². The van der Waals surface area contributed by atoms with Crippen LogP contribution < -0.4 is 0 Å². The van der Waals surface area contributed by atoms with Gasteiger partial charge in [-0.15, -0.1) is 0 Å². The Morgan fingerprint density at radius 3 is 2.57 bits per heavy atom. The lowest BCUT2D eigenvalue weighted by Crippen LogP contribution is -2.37. The van der Waals surface area contributed by atoms with Crippen molar-refractivity contribution in [3.63, 3.8) is 0 Å². The molecule has 1 aliphatic rings. The first-order chi connectivity index (χ1) is 6.43. The van der Waals surface area contributed by atoms with E-state index in [2.05, 4.69) is 13.8 Å². The van der Waals surface area contributed by atoms with E-state index in [0.717, 1.165) is 6.42 Å². The number of rotatable bonds is 2. The molecule has 1 rings (SSSR count). The van der Waals surface area contributed by atoms with Crippen LogP contribution in [0.3, 0.4) is 0 Å². The van der Waals surface area contributed by atoms with E-state index in [1.54, 1.807) is 16.8 Å². The van der Waals surface area contributed by atoms with Gasteiger partial charge in [-0.05, 0) is 12.3 Å². The topological polar surface area (TPSA) is 40.6 Å². The Bertz CT molecular complexity index is 251. The minimum absolute atomic E-state index is 0.0200. The molecule has 1 fully saturated rings. The lowest BCUT2D eigenvalue weighted by atomic mass is 10.0. The minimum atomic E-state index is -0.238. The molecule has 0 spiro atoms. The molecule has 1 heterocycles. The molecule has 1 saturated heterocycles. The summed E-state index contributed by atoms with van der Waals surface area (Å²) in [6, 6.07) is -0.238. The summed E-state index contributed by atoms with van der Waals surface area (Å²) < 4.78 is 0. The van der Waals surface area contributed by atoms with Crippen molar-refractivity contribution in [3.05, 3.63) is 0 Å². The Kier molecular flexibility index (Phi) is 3.13. The molecule has 0 radical (unpaired) electrons. The lowest BCUT2D eigenvalue weighted by molar-refractivity contribution is -0.134. The van der Waals surface area contributed by atoms with E-state index in [-0.39, 0.29) is 17.9 Å². The standard InChI is InChI=1S/C10H18N2O2/c1-7(2)5-9-10(14)11(4)6-12(9)8(3)13/h7,9H,5-6H2,1-4H3. The highest BCUT2D eigenvalue weighted by atomic mass is 16.2. The maximum Gasteiger partial charge on any atom is 0.246 e. The molecule has 0 aromatic carbocycles. The van der Waals surface area contributed by atoms with E-state index < -0.39 is 0 Å². The zero-order valence-corrected chi connectivity index (χ0v) is 9.28. The molecule has 4 heteroatoms. The Balaban J connectivity index is 2.76. The van der Waals surface area contributed by atoms with Crippen LogP contribution in [0, 0.1) is 5.92 Å². The van der Waals surface area contributed by atoms with Gasteiger partial charge in [0.15, 0.2) is 0 Å². The van der Waals surface area contributed by atoms with Crippen molar-refractivity contribution >= 4 is 11.8 Å². The minimum Gasteiger partial charge on any atom is -0.326 e. The molecule has 1 unspecified atom stereocenters. The molecule has 0 bridgehead atoms. The number of hydrogen-bond acceptors (Lipinski definition) is 2. The van der Waals surface area contributed by atoms with Gasteiger partial charge in [0.1, 0.15) is 6.04 Å². The first-order valence-corrected chi connectivity index (χ1v) is 4.95. The van der Waals surface area contributed by atoms with Crippen LogP contribution in [-0.4, -0.2) is 41.4 Å². The summed E-state index contributed by atoms with van der Waals surface area (Å²) in [6.45, 7) is 6.07. The fourth-order valence-electron chi connectivity index (χ4n) is 1.78.